The van der Waals surface area contributed by atoms with Gasteiger partial charge in [-0.05, 0) is 12.5 Å². The number of rotatable bonds is 8. The van der Waals surface area contributed by atoms with Gasteiger partial charge in [-0.2, -0.15) is 0 Å². The second-order valence-corrected chi connectivity index (χ2v) is 3.24. The molecule has 1 amide bonds. The Labute approximate surface area is 79.8 Å². The molecule has 0 aromatic carbocycles. The lowest BCUT2D eigenvalue weighted by molar-refractivity contribution is -0.122. The van der Waals surface area contributed by atoms with Crippen molar-refractivity contribution in [3.63, 3.8) is 0 Å². The maximum atomic E-state index is 10.3. The molecule has 1 atom stereocenters. The van der Waals surface area contributed by atoms with E-state index in [2.05, 4.69) is 19.2 Å². The average molecular weight is 188 g/mol. The minimum absolute atomic E-state index is 0.0189. The molecule has 0 aliphatic carbocycles. The first-order valence-corrected chi connectivity index (χ1v) is 4.73. The Morgan fingerprint density at radius 3 is 2.85 bits per heavy atom. The van der Waals surface area contributed by atoms with E-state index in [1.807, 2.05) is 0 Å². The van der Waals surface area contributed by atoms with Crippen LogP contribution in [0.5, 0.6) is 0 Å². The third-order valence-electron chi connectivity index (χ3n) is 1.86. The van der Waals surface area contributed by atoms with Crippen LogP contribution in [-0.4, -0.2) is 32.2 Å². The van der Waals surface area contributed by atoms with Crippen molar-refractivity contribution in [2.24, 2.45) is 11.7 Å². The summed E-state index contributed by atoms with van der Waals surface area (Å²) >= 11 is 0. The predicted molar refractivity (Wildman–Crippen MR) is 52.3 cm³/mol. The van der Waals surface area contributed by atoms with Crippen molar-refractivity contribution >= 4 is 5.91 Å². The highest BCUT2D eigenvalue weighted by molar-refractivity contribution is 5.74. The Bertz CT molecular complexity index is 140. The van der Waals surface area contributed by atoms with Crippen molar-refractivity contribution in [3.05, 3.63) is 0 Å². The van der Waals surface area contributed by atoms with Gasteiger partial charge in [0.05, 0.1) is 6.61 Å². The molecule has 1 unspecified atom stereocenters. The van der Waals surface area contributed by atoms with Crippen LogP contribution in [0.4, 0.5) is 0 Å². The third kappa shape index (κ3) is 9.30. The standard InChI is InChI=1S/C9H20N2O2/c1-3-8(2)6-11-4-5-13-7-9(10)12/h8,11H,3-7H2,1-2H3,(H2,10,12). The van der Waals surface area contributed by atoms with Gasteiger partial charge in [0, 0.05) is 6.54 Å². The highest BCUT2D eigenvalue weighted by Crippen LogP contribution is 1.96. The molecule has 3 N–H and O–H groups in total. The molecule has 0 rings (SSSR count). The SMILES string of the molecule is CCC(C)CNCCOCC(N)=O. The normalized spacial score (nSPS) is 12.8. The molecular formula is C9H20N2O2. The fraction of sp³-hybridized carbons (Fsp3) is 0.889. The summed E-state index contributed by atoms with van der Waals surface area (Å²) in [5.74, 6) is 0.276. The van der Waals surface area contributed by atoms with E-state index in [4.69, 9.17) is 10.5 Å². The molecule has 0 heterocycles. The fourth-order valence-corrected chi connectivity index (χ4v) is 0.810. The summed E-state index contributed by atoms with van der Waals surface area (Å²) in [4.78, 5) is 10.3. The van der Waals surface area contributed by atoms with E-state index in [1.54, 1.807) is 0 Å². The maximum absolute atomic E-state index is 10.3. The second kappa shape index (κ2) is 8.01. The highest BCUT2D eigenvalue weighted by Gasteiger charge is 1.97. The van der Waals surface area contributed by atoms with Crippen LogP contribution in [0.3, 0.4) is 0 Å². The Morgan fingerprint density at radius 2 is 2.31 bits per heavy atom. The van der Waals surface area contributed by atoms with Gasteiger partial charge in [-0.15, -0.1) is 0 Å². The second-order valence-electron chi connectivity index (χ2n) is 3.24. The molecule has 0 aliphatic rings. The highest BCUT2D eigenvalue weighted by atomic mass is 16.5. The van der Waals surface area contributed by atoms with Crippen LogP contribution in [0.25, 0.3) is 0 Å². The molecule has 0 spiro atoms. The van der Waals surface area contributed by atoms with Gasteiger partial charge in [-0.25, -0.2) is 0 Å². The van der Waals surface area contributed by atoms with Crippen LogP contribution < -0.4 is 11.1 Å². The lowest BCUT2D eigenvalue weighted by atomic mass is 10.1. The molecule has 0 fully saturated rings. The van der Waals surface area contributed by atoms with Crippen molar-refractivity contribution in [1.82, 2.24) is 5.32 Å². The summed E-state index contributed by atoms with van der Waals surface area (Å²) in [6, 6.07) is 0. The Kier molecular flexibility index (Phi) is 7.63. The van der Waals surface area contributed by atoms with Gasteiger partial charge >= 0.3 is 0 Å². The lowest BCUT2D eigenvalue weighted by Crippen LogP contribution is -2.26. The third-order valence-corrected chi connectivity index (χ3v) is 1.86. The molecule has 4 nitrogen and oxygen atoms in total. The Hall–Kier alpha value is -0.610. The van der Waals surface area contributed by atoms with Crippen LogP contribution in [0.15, 0.2) is 0 Å². The van der Waals surface area contributed by atoms with Crippen LogP contribution in [0.1, 0.15) is 20.3 Å². The van der Waals surface area contributed by atoms with E-state index in [9.17, 15) is 4.79 Å². The number of ether oxygens (including phenoxy) is 1. The Morgan fingerprint density at radius 1 is 1.62 bits per heavy atom. The largest absolute Gasteiger partial charge is 0.370 e. The summed E-state index contributed by atoms with van der Waals surface area (Å²) < 4.78 is 4.97. The van der Waals surface area contributed by atoms with E-state index >= 15 is 0 Å². The molecule has 4 heteroatoms. The van der Waals surface area contributed by atoms with Gasteiger partial charge in [0.2, 0.25) is 5.91 Å². The van der Waals surface area contributed by atoms with Gasteiger partial charge < -0.3 is 15.8 Å². The molecule has 0 aromatic heterocycles. The summed E-state index contributed by atoms with van der Waals surface area (Å²) in [6.45, 7) is 6.69. The minimum atomic E-state index is -0.415. The molecule has 78 valence electrons. The zero-order chi connectivity index (χ0) is 10.1. The molecule has 13 heavy (non-hydrogen) atoms. The minimum Gasteiger partial charge on any atom is -0.370 e. The number of amides is 1. The van der Waals surface area contributed by atoms with Crippen LogP contribution >= 0.6 is 0 Å². The Balaban J connectivity index is 3.04. The van der Waals surface area contributed by atoms with E-state index in [-0.39, 0.29) is 6.61 Å². The van der Waals surface area contributed by atoms with Crippen LogP contribution in [0, 0.1) is 5.92 Å². The monoisotopic (exact) mass is 188 g/mol. The first-order chi connectivity index (χ1) is 6.16. The zero-order valence-corrected chi connectivity index (χ0v) is 8.51. The van der Waals surface area contributed by atoms with Gasteiger partial charge in [-0.3, -0.25) is 4.79 Å². The molecule has 0 saturated heterocycles. The summed E-state index contributed by atoms with van der Waals surface area (Å²) in [7, 11) is 0. The quantitative estimate of drug-likeness (QED) is 0.532. The molecular weight excluding hydrogens is 168 g/mol. The number of hydrogen-bond donors (Lipinski definition) is 2. The van der Waals surface area contributed by atoms with E-state index in [0.29, 0.717) is 12.5 Å². The van der Waals surface area contributed by atoms with Gasteiger partial charge in [0.15, 0.2) is 0 Å². The predicted octanol–water partition coefficient (Wildman–Crippen LogP) is 0.124. The van der Waals surface area contributed by atoms with Crippen LogP contribution in [0.2, 0.25) is 0 Å². The topological polar surface area (TPSA) is 64.3 Å². The van der Waals surface area contributed by atoms with Crippen molar-refractivity contribution in [2.45, 2.75) is 20.3 Å². The average Bonchev–Trinajstić information content (AvgIpc) is 2.10. The summed E-state index contributed by atoms with van der Waals surface area (Å²) in [5.41, 5.74) is 4.89. The van der Waals surface area contributed by atoms with Crippen molar-refractivity contribution in [3.8, 4) is 0 Å². The van der Waals surface area contributed by atoms with Gasteiger partial charge in [0.25, 0.3) is 0 Å². The van der Waals surface area contributed by atoms with Crippen molar-refractivity contribution in [2.75, 3.05) is 26.3 Å². The number of hydrogen-bond acceptors (Lipinski definition) is 3. The molecule has 0 radical (unpaired) electrons. The lowest BCUT2D eigenvalue weighted by Gasteiger charge is -2.09. The van der Waals surface area contributed by atoms with Crippen molar-refractivity contribution in [1.29, 1.82) is 0 Å². The summed E-state index contributed by atoms with van der Waals surface area (Å²) in [6.07, 6.45) is 1.18. The molecule has 0 bridgehead atoms. The number of nitrogens with one attached hydrogen (secondary N) is 1. The van der Waals surface area contributed by atoms with Gasteiger partial charge in [-0.1, -0.05) is 20.3 Å². The molecule has 0 aromatic rings. The number of nitrogens with two attached hydrogens (primary N) is 1. The van der Waals surface area contributed by atoms with Crippen molar-refractivity contribution < 1.29 is 9.53 Å². The van der Waals surface area contributed by atoms with E-state index in [1.165, 1.54) is 6.42 Å². The molecule has 0 saturated carbocycles. The maximum Gasteiger partial charge on any atom is 0.243 e. The van der Waals surface area contributed by atoms with E-state index < -0.39 is 5.91 Å². The smallest absolute Gasteiger partial charge is 0.243 e. The first kappa shape index (κ1) is 12.4. The van der Waals surface area contributed by atoms with Crippen LogP contribution in [-0.2, 0) is 9.53 Å². The number of carbonyl (C=O) groups excluding carboxylic acids is 1. The van der Waals surface area contributed by atoms with Gasteiger partial charge in [0.1, 0.15) is 6.61 Å². The number of primary amides is 1. The summed E-state index contributed by atoms with van der Waals surface area (Å²) in [5, 5.41) is 3.23. The number of carbonyl (C=O) groups is 1. The molecule has 0 aliphatic heterocycles. The first-order valence-electron chi connectivity index (χ1n) is 4.73. The van der Waals surface area contributed by atoms with E-state index in [0.717, 1.165) is 13.1 Å². The zero-order valence-electron chi connectivity index (χ0n) is 8.51. The fourth-order valence-electron chi connectivity index (χ4n) is 0.810.